The maximum absolute atomic E-state index is 12.4. The maximum atomic E-state index is 12.4. The number of carbonyl (C=O) groups excluding carboxylic acids is 1. The lowest BCUT2D eigenvalue weighted by Gasteiger charge is -2.04. The summed E-state index contributed by atoms with van der Waals surface area (Å²) in [5.74, 6) is 1.64. The van der Waals surface area contributed by atoms with Gasteiger partial charge in [0.1, 0.15) is 16.5 Å². The molecule has 0 radical (unpaired) electrons. The third-order valence-electron chi connectivity index (χ3n) is 4.44. The molecule has 1 aromatic carbocycles. The Labute approximate surface area is 149 Å². The molecule has 1 amide bonds. The van der Waals surface area contributed by atoms with Gasteiger partial charge in [0, 0.05) is 23.9 Å². The Balaban J connectivity index is 1.47. The van der Waals surface area contributed by atoms with Crippen molar-refractivity contribution in [1.82, 2.24) is 25.1 Å². The summed E-state index contributed by atoms with van der Waals surface area (Å²) in [6.45, 7) is 5.44. The second-order valence-corrected chi connectivity index (χ2v) is 7.18. The average molecular weight is 353 g/mol. The van der Waals surface area contributed by atoms with Crippen molar-refractivity contribution in [3.8, 4) is 10.6 Å². The highest BCUT2D eigenvalue weighted by atomic mass is 32.1. The lowest BCUT2D eigenvalue weighted by molar-refractivity contribution is 0.0945. The first-order valence-electron chi connectivity index (χ1n) is 8.34. The minimum Gasteiger partial charge on any atom is -0.343 e. The van der Waals surface area contributed by atoms with Crippen LogP contribution in [0.5, 0.6) is 0 Å². The molecule has 128 valence electrons. The van der Waals surface area contributed by atoms with Gasteiger partial charge in [-0.3, -0.25) is 4.79 Å². The molecule has 25 heavy (non-hydrogen) atoms. The van der Waals surface area contributed by atoms with Gasteiger partial charge in [-0.25, -0.2) is 4.98 Å². The number of nitrogens with zero attached hydrogens (tertiary/aromatic N) is 4. The van der Waals surface area contributed by atoms with Crippen LogP contribution < -0.4 is 5.32 Å². The van der Waals surface area contributed by atoms with E-state index in [2.05, 4.69) is 57.1 Å². The van der Waals surface area contributed by atoms with Crippen molar-refractivity contribution in [1.29, 1.82) is 0 Å². The Morgan fingerprint density at radius 1 is 1.32 bits per heavy atom. The zero-order chi connectivity index (χ0) is 17.4. The van der Waals surface area contributed by atoms with E-state index in [1.807, 2.05) is 0 Å². The van der Waals surface area contributed by atoms with E-state index in [4.69, 9.17) is 0 Å². The smallest absolute Gasteiger partial charge is 0.271 e. The van der Waals surface area contributed by atoms with Gasteiger partial charge >= 0.3 is 0 Å². The van der Waals surface area contributed by atoms with Crippen molar-refractivity contribution >= 4 is 17.2 Å². The molecule has 0 aliphatic carbocycles. The lowest BCUT2D eigenvalue weighted by atomic mass is 10.1. The van der Waals surface area contributed by atoms with Crippen LogP contribution in [-0.4, -0.2) is 25.7 Å². The zero-order valence-electron chi connectivity index (χ0n) is 14.2. The van der Waals surface area contributed by atoms with Crippen molar-refractivity contribution < 1.29 is 4.79 Å². The van der Waals surface area contributed by atoms with Crippen LogP contribution in [0.25, 0.3) is 10.6 Å². The van der Waals surface area contributed by atoms with Crippen LogP contribution >= 0.6 is 11.3 Å². The van der Waals surface area contributed by atoms with Gasteiger partial charge in [0.25, 0.3) is 5.91 Å². The van der Waals surface area contributed by atoms with Gasteiger partial charge in [-0.05, 0) is 25.8 Å². The number of rotatable bonds is 4. The van der Waals surface area contributed by atoms with E-state index in [0.717, 1.165) is 41.6 Å². The Morgan fingerprint density at radius 3 is 3.04 bits per heavy atom. The Kier molecular flexibility index (Phi) is 4.09. The van der Waals surface area contributed by atoms with E-state index in [0.29, 0.717) is 12.2 Å². The minimum absolute atomic E-state index is 0.178. The van der Waals surface area contributed by atoms with Crippen molar-refractivity contribution in [3.63, 3.8) is 0 Å². The van der Waals surface area contributed by atoms with Gasteiger partial charge in [-0.2, -0.15) is 0 Å². The van der Waals surface area contributed by atoms with Gasteiger partial charge in [0.2, 0.25) is 0 Å². The first-order valence-corrected chi connectivity index (χ1v) is 9.22. The van der Waals surface area contributed by atoms with E-state index in [1.54, 1.807) is 5.38 Å². The molecule has 7 heteroatoms. The number of hydrogen-bond acceptors (Lipinski definition) is 5. The van der Waals surface area contributed by atoms with Crippen LogP contribution in [0.3, 0.4) is 0 Å². The number of aromatic nitrogens is 4. The monoisotopic (exact) mass is 353 g/mol. The number of amides is 1. The fourth-order valence-electron chi connectivity index (χ4n) is 3.15. The highest BCUT2D eigenvalue weighted by molar-refractivity contribution is 7.13. The lowest BCUT2D eigenvalue weighted by Crippen LogP contribution is -2.25. The first kappa shape index (κ1) is 16.0. The summed E-state index contributed by atoms with van der Waals surface area (Å²) in [6, 6.07) is 6.25. The molecule has 0 spiro atoms. The summed E-state index contributed by atoms with van der Waals surface area (Å²) in [4.78, 5) is 16.9. The molecule has 3 heterocycles. The molecular weight excluding hydrogens is 334 g/mol. The van der Waals surface area contributed by atoms with Crippen molar-refractivity contribution in [2.45, 2.75) is 39.8 Å². The predicted molar refractivity (Wildman–Crippen MR) is 96.5 cm³/mol. The topological polar surface area (TPSA) is 72.7 Å². The van der Waals surface area contributed by atoms with E-state index >= 15 is 0 Å². The summed E-state index contributed by atoms with van der Waals surface area (Å²) in [5, 5.41) is 13.9. The second-order valence-electron chi connectivity index (χ2n) is 6.33. The third kappa shape index (κ3) is 3.07. The van der Waals surface area contributed by atoms with Crippen molar-refractivity contribution in [2.24, 2.45) is 0 Å². The summed E-state index contributed by atoms with van der Waals surface area (Å²) >= 11 is 1.49. The van der Waals surface area contributed by atoms with Crippen LogP contribution in [0.1, 0.15) is 39.7 Å². The molecule has 0 atom stereocenters. The second kappa shape index (κ2) is 6.40. The summed E-state index contributed by atoms with van der Waals surface area (Å²) < 4.78 is 2.09. The molecule has 1 aliphatic heterocycles. The van der Waals surface area contributed by atoms with Gasteiger partial charge < -0.3 is 9.88 Å². The van der Waals surface area contributed by atoms with Crippen molar-refractivity contribution in [3.05, 3.63) is 52.0 Å². The van der Waals surface area contributed by atoms with Gasteiger partial charge in [-0.1, -0.05) is 23.8 Å². The number of benzene rings is 1. The Bertz CT molecular complexity index is 943. The van der Waals surface area contributed by atoms with E-state index < -0.39 is 0 Å². The van der Waals surface area contributed by atoms with Gasteiger partial charge in [0.05, 0.1) is 6.54 Å². The Hall–Kier alpha value is -2.54. The molecule has 0 unspecified atom stereocenters. The Morgan fingerprint density at radius 2 is 2.20 bits per heavy atom. The van der Waals surface area contributed by atoms with Crippen LogP contribution in [0, 0.1) is 13.8 Å². The summed E-state index contributed by atoms with van der Waals surface area (Å²) in [6.07, 6.45) is 2.06. The molecule has 0 saturated carbocycles. The van der Waals surface area contributed by atoms with Crippen LogP contribution in [0.15, 0.2) is 23.6 Å². The SMILES string of the molecule is Cc1ccc(-c2nc(C(=O)NCc3nnc4n3CCC4)cs2)c(C)c1. The molecular formula is C18H19N5OS. The van der Waals surface area contributed by atoms with Gasteiger partial charge in [0.15, 0.2) is 5.82 Å². The fraction of sp³-hybridized carbons (Fsp3) is 0.333. The number of carbonyl (C=O) groups is 1. The number of hydrogen-bond donors (Lipinski definition) is 1. The number of thiazole rings is 1. The highest BCUT2D eigenvalue weighted by Crippen LogP contribution is 2.27. The van der Waals surface area contributed by atoms with E-state index in [1.165, 1.54) is 22.5 Å². The maximum Gasteiger partial charge on any atom is 0.271 e. The number of fused-ring (bicyclic) bond motifs is 1. The molecule has 3 aromatic rings. The quantitative estimate of drug-likeness (QED) is 0.783. The summed E-state index contributed by atoms with van der Waals surface area (Å²) in [7, 11) is 0. The van der Waals surface area contributed by atoms with Gasteiger partial charge in [-0.15, -0.1) is 21.5 Å². The van der Waals surface area contributed by atoms with E-state index in [-0.39, 0.29) is 5.91 Å². The molecule has 4 rings (SSSR count). The largest absolute Gasteiger partial charge is 0.343 e. The molecule has 2 aromatic heterocycles. The predicted octanol–water partition coefficient (Wildman–Crippen LogP) is 2.89. The van der Waals surface area contributed by atoms with Crippen LogP contribution in [0.4, 0.5) is 0 Å². The molecule has 0 saturated heterocycles. The fourth-order valence-corrected chi connectivity index (χ4v) is 4.04. The van der Waals surface area contributed by atoms with Crippen molar-refractivity contribution in [2.75, 3.05) is 0 Å². The number of aryl methyl sites for hydroxylation is 3. The van der Waals surface area contributed by atoms with Crippen LogP contribution in [0.2, 0.25) is 0 Å². The first-order chi connectivity index (χ1) is 12.1. The molecule has 0 fully saturated rings. The normalized spacial score (nSPS) is 13.0. The standard InChI is InChI=1S/C18H19N5OS/c1-11-5-6-13(12(2)8-11)18-20-14(10-25-18)17(24)19-9-16-22-21-15-4-3-7-23(15)16/h5-6,8,10H,3-4,7,9H2,1-2H3,(H,19,24). The molecule has 1 N–H and O–H groups in total. The van der Waals surface area contributed by atoms with E-state index in [9.17, 15) is 4.79 Å². The minimum atomic E-state index is -0.178. The third-order valence-corrected chi connectivity index (χ3v) is 5.32. The number of nitrogens with one attached hydrogen (secondary N) is 1. The highest BCUT2D eigenvalue weighted by Gasteiger charge is 2.18. The zero-order valence-corrected chi connectivity index (χ0v) is 15.1. The average Bonchev–Trinajstić information content (AvgIpc) is 3.30. The molecule has 6 nitrogen and oxygen atoms in total. The molecule has 0 bridgehead atoms. The summed E-state index contributed by atoms with van der Waals surface area (Å²) in [5.41, 5.74) is 3.91. The molecule has 1 aliphatic rings. The van der Waals surface area contributed by atoms with Crippen LogP contribution in [-0.2, 0) is 19.5 Å².